The molecule has 1 atom stereocenters. The lowest BCUT2D eigenvalue weighted by atomic mass is 9.89. The van der Waals surface area contributed by atoms with Gasteiger partial charge in [0.2, 0.25) is 11.8 Å². The zero-order valence-corrected chi connectivity index (χ0v) is 22.0. The Morgan fingerprint density at radius 1 is 1.05 bits per heavy atom. The van der Waals surface area contributed by atoms with Gasteiger partial charge in [-0.15, -0.1) is 0 Å². The van der Waals surface area contributed by atoms with Gasteiger partial charge in [0.1, 0.15) is 11.6 Å². The Bertz CT molecular complexity index is 1010. The van der Waals surface area contributed by atoms with Gasteiger partial charge < -0.3 is 24.7 Å². The Kier molecular flexibility index (Phi) is 11.9. The predicted molar refractivity (Wildman–Crippen MR) is 125 cm³/mol. The number of amides is 2. The van der Waals surface area contributed by atoms with Crippen molar-refractivity contribution in [2.24, 2.45) is 5.92 Å². The summed E-state index contributed by atoms with van der Waals surface area (Å²) in [5, 5.41) is 14.2. The van der Waals surface area contributed by atoms with E-state index in [1.807, 2.05) is 44.0 Å². The minimum Gasteiger partial charge on any atom is -0.475 e. The van der Waals surface area contributed by atoms with Gasteiger partial charge in [0.25, 0.3) is 0 Å². The zero-order chi connectivity index (χ0) is 31.1. The van der Waals surface area contributed by atoms with Crippen LogP contribution in [0.4, 0.5) is 26.3 Å². The largest absolute Gasteiger partial charge is 0.490 e. The van der Waals surface area contributed by atoms with Crippen LogP contribution >= 0.6 is 0 Å². The lowest BCUT2D eigenvalue weighted by molar-refractivity contribution is -0.204. The van der Waals surface area contributed by atoms with Crippen LogP contribution in [-0.4, -0.2) is 118 Å². The van der Waals surface area contributed by atoms with Gasteiger partial charge in [-0.2, -0.15) is 26.3 Å². The Hall–Kier alpha value is -3.47. The standard InChI is InChI=1S/C19H28N4O3.2C2HF3O2/c1-14(2)17(24)23-12-19(13-23)11-22(4)16(10-26-19)18(25)21(3)9-15-7-5-6-8-20-15;2*3-2(4,5)1(6)7/h5-8,14,16H,9-13H2,1-4H3;2*(H,6,7). The molecule has 0 bridgehead atoms. The van der Waals surface area contributed by atoms with Crippen LogP contribution in [0.25, 0.3) is 0 Å². The van der Waals surface area contributed by atoms with Crippen molar-refractivity contribution in [3.63, 3.8) is 0 Å². The average molecular weight is 589 g/mol. The molecule has 0 aliphatic carbocycles. The van der Waals surface area contributed by atoms with Crippen molar-refractivity contribution < 1.29 is 60.5 Å². The third-order valence-electron chi connectivity index (χ3n) is 5.65. The molecule has 0 radical (unpaired) electrons. The minimum absolute atomic E-state index is 0.00300. The molecule has 2 aliphatic rings. The van der Waals surface area contributed by atoms with Crippen molar-refractivity contribution in [2.45, 2.75) is 44.4 Å². The van der Waals surface area contributed by atoms with Gasteiger partial charge in [0.05, 0.1) is 31.9 Å². The smallest absolute Gasteiger partial charge is 0.475 e. The van der Waals surface area contributed by atoms with E-state index in [0.717, 1.165) is 5.69 Å². The molecule has 11 nitrogen and oxygen atoms in total. The topological polar surface area (TPSA) is 141 Å². The lowest BCUT2D eigenvalue weighted by Crippen LogP contribution is -2.73. The maximum absolute atomic E-state index is 12.8. The number of hydrogen-bond donors (Lipinski definition) is 2. The molecule has 1 aromatic heterocycles. The second-order valence-corrected chi connectivity index (χ2v) is 9.40. The molecule has 2 fully saturated rings. The number of carbonyl (C=O) groups is 4. The third-order valence-corrected chi connectivity index (χ3v) is 5.65. The molecule has 3 rings (SSSR count). The van der Waals surface area contributed by atoms with Gasteiger partial charge in [0.15, 0.2) is 0 Å². The van der Waals surface area contributed by atoms with Crippen molar-refractivity contribution in [3.8, 4) is 0 Å². The van der Waals surface area contributed by atoms with Crippen LogP contribution in [-0.2, 0) is 30.5 Å². The molecule has 40 heavy (non-hydrogen) atoms. The number of likely N-dealkylation sites (N-methyl/N-ethyl adjacent to an activating group) is 2. The molecule has 3 heterocycles. The van der Waals surface area contributed by atoms with Gasteiger partial charge in [-0.25, -0.2) is 9.59 Å². The summed E-state index contributed by atoms with van der Waals surface area (Å²) in [5.41, 5.74) is 0.538. The van der Waals surface area contributed by atoms with E-state index in [1.54, 1.807) is 18.1 Å². The van der Waals surface area contributed by atoms with Crippen LogP contribution in [0.2, 0.25) is 0 Å². The molecule has 2 aliphatic heterocycles. The number of carboxylic acid groups (broad SMARTS) is 2. The van der Waals surface area contributed by atoms with Crippen LogP contribution in [0, 0.1) is 5.92 Å². The lowest BCUT2D eigenvalue weighted by Gasteiger charge is -2.55. The SMILES string of the molecule is CC(C)C(=O)N1CC2(C1)CN(C)C(C(=O)N(C)Cc1ccccn1)CO2.O=C(O)C(F)(F)F.O=C(O)C(F)(F)F. The summed E-state index contributed by atoms with van der Waals surface area (Å²) in [5.74, 6) is -5.32. The first-order chi connectivity index (χ1) is 18.2. The first-order valence-corrected chi connectivity index (χ1v) is 11.6. The van der Waals surface area contributed by atoms with Crippen LogP contribution in [0.5, 0.6) is 0 Å². The number of rotatable bonds is 4. The molecule has 0 saturated carbocycles. The van der Waals surface area contributed by atoms with Gasteiger partial charge in [0, 0.05) is 25.7 Å². The number of likely N-dealkylation sites (tertiary alicyclic amines) is 1. The summed E-state index contributed by atoms with van der Waals surface area (Å²) < 4.78 is 69.5. The second-order valence-electron chi connectivity index (χ2n) is 9.40. The summed E-state index contributed by atoms with van der Waals surface area (Å²) >= 11 is 0. The molecule has 1 unspecified atom stereocenters. The summed E-state index contributed by atoms with van der Waals surface area (Å²) in [7, 11) is 3.75. The van der Waals surface area contributed by atoms with Crippen molar-refractivity contribution in [1.29, 1.82) is 0 Å². The molecular formula is C23H30F6N4O7. The first kappa shape index (κ1) is 34.6. The normalized spacial score (nSPS) is 18.5. The highest BCUT2D eigenvalue weighted by molar-refractivity contribution is 5.82. The van der Waals surface area contributed by atoms with Crippen molar-refractivity contribution in [1.82, 2.24) is 19.7 Å². The highest BCUT2D eigenvalue weighted by Gasteiger charge is 2.51. The van der Waals surface area contributed by atoms with Crippen LogP contribution in [0.1, 0.15) is 19.5 Å². The number of aromatic nitrogens is 1. The highest BCUT2D eigenvalue weighted by atomic mass is 19.4. The fraction of sp³-hybridized carbons (Fsp3) is 0.609. The fourth-order valence-corrected chi connectivity index (χ4v) is 3.68. The van der Waals surface area contributed by atoms with Crippen molar-refractivity contribution in [3.05, 3.63) is 30.1 Å². The van der Waals surface area contributed by atoms with E-state index >= 15 is 0 Å². The third kappa shape index (κ3) is 10.3. The molecule has 1 spiro atoms. The summed E-state index contributed by atoms with van der Waals surface area (Å²) in [4.78, 5) is 52.5. The van der Waals surface area contributed by atoms with E-state index in [0.29, 0.717) is 32.8 Å². The Labute approximate surface area is 225 Å². The Morgan fingerprint density at radius 2 is 1.55 bits per heavy atom. The van der Waals surface area contributed by atoms with Gasteiger partial charge in [-0.05, 0) is 19.2 Å². The van der Waals surface area contributed by atoms with E-state index < -0.39 is 24.3 Å². The average Bonchev–Trinajstić information content (AvgIpc) is 2.81. The van der Waals surface area contributed by atoms with Crippen molar-refractivity contribution >= 4 is 23.8 Å². The van der Waals surface area contributed by atoms with Crippen molar-refractivity contribution in [2.75, 3.05) is 40.3 Å². The number of hydrogen-bond acceptors (Lipinski definition) is 7. The number of pyridine rings is 1. The van der Waals surface area contributed by atoms with E-state index in [-0.39, 0.29) is 29.4 Å². The van der Waals surface area contributed by atoms with Crippen LogP contribution in [0.3, 0.4) is 0 Å². The maximum Gasteiger partial charge on any atom is 0.490 e. The number of ether oxygens (including phenoxy) is 1. The summed E-state index contributed by atoms with van der Waals surface area (Å²) in [6, 6.07) is 5.39. The Balaban J connectivity index is 0.000000473. The van der Waals surface area contributed by atoms with E-state index in [2.05, 4.69) is 9.88 Å². The van der Waals surface area contributed by atoms with Gasteiger partial charge in [-0.3, -0.25) is 19.5 Å². The zero-order valence-electron chi connectivity index (χ0n) is 22.0. The minimum atomic E-state index is -5.08. The number of carbonyl (C=O) groups excluding carboxylic acids is 2. The molecule has 226 valence electrons. The molecule has 2 saturated heterocycles. The molecule has 17 heteroatoms. The first-order valence-electron chi connectivity index (χ1n) is 11.6. The van der Waals surface area contributed by atoms with Crippen LogP contribution in [0.15, 0.2) is 24.4 Å². The quantitative estimate of drug-likeness (QED) is 0.505. The molecule has 2 N–H and O–H groups in total. The van der Waals surface area contributed by atoms with Gasteiger partial charge in [-0.1, -0.05) is 19.9 Å². The van der Waals surface area contributed by atoms with Gasteiger partial charge >= 0.3 is 24.3 Å². The molecule has 0 aromatic carbocycles. The fourth-order valence-electron chi connectivity index (χ4n) is 3.68. The van der Waals surface area contributed by atoms with Crippen LogP contribution < -0.4 is 0 Å². The second kappa shape index (κ2) is 13.7. The Morgan fingerprint density at radius 3 is 1.93 bits per heavy atom. The maximum atomic E-state index is 12.8. The van der Waals surface area contributed by atoms with E-state index in [9.17, 15) is 35.9 Å². The number of halogens is 6. The summed E-state index contributed by atoms with van der Waals surface area (Å²) in [6.07, 6.45) is -8.44. The highest BCUT2D eigenvalue weighted by Crippen LogP contribution is 2.31. The number of carboxylic acids is 2. The molecule has 1 aromatic rings. The predicted octanol–water partition coefficient (Wildman–Crippen LogP) is 1.87. The molecule has 2 amide bonds. The monoisotopic (exact) mass is 588 g/mol. The number of alkyl halides is 6. The van der Waals surface area contributed by atoms with E-state index in [1.165, 1.54) is 0 Å². The number of nitrogens with zero attached hydrogens (tertiary/aromatic N) is 4. The molecular weight excluding hydrogens is 558 g/mol. The summed E-state index contributed by atoms with van der Waals surface area (Å²) in [6.45, 7) is 6.53. The number of aliphatic carboxylic acids is 2. The van der Waals surface area contributed by atoms with E-state index in [4.69, 9.17) is 24.5 Å². The number of morpholine rings is 1.